The van der Waals surface area contributed by atoms with Gasteiger partial charge in [-0.1, -0.05) is 43.2 Å². The van der Waals surface area contributed by atoms with E-state index in [1.54, 1.807) is 0 Å². The molecule has 2 N–H and O–H groups in total. The molecule has 1 fully saturated rings. The number of rotatable bonds is 3. The van der Waals surface area contributed by atoms with Gasteiger partial charge >= 0.3 is 6.03 Å². The monoisotopic (exact) mass is 262 g/mol. The highest BCUT2D eigenvalue weighted by Gasteiger charge is 2.19. The van der Waals surface area contributed by atoms with Crippen LogP contribution in [-0.2, 0) is 0 Å². The molecule has 0 unspecified atom stereocenters. The predicted molar refractivity (Wildman–Crippen MR) is 74.8 cm³/mol. The molecule has 1 aromatic carbocycles. The van der Waals surface area contributed by atoms with Gasteiger partial charge in [-0.25, -0.2) is 4.79 Å². The summed E-state index contributed by atoms with van der Waals surface area (Å²) in [4.78, 5) is 14.1. The first-order valence-corrected chi connectivity index (χ1v) is 7.02. The summed E-state index contributed by atoms with van der Waals surface area (Å²) in [5.41, 5.74) is 0.938. The number of carbonyl (C=O) groups excluding carboxylic acids is 1. The fourth-order valence-electron chi connectivity index (χ4n) is 2.43. The Morgan fingerprint density at radius 1 is 1.16 bits per heavy atom. The molecule has 0 bridgehead atoms. The summed E-state index contributed by atoms with van der Waals surface area (Å²) in [6.45, 7) is 1.56. The second-order valence-corrected chi connectivity index (χ2v) is 5.00. The minimum absolute atomic E-state index is 0.0650. The van der Waals surface area contributed by atoms with Crippen molar-refractivity contribution in [2.75, 3.05) is 19.7 Å². The van der Waals surface area contributed by atoms with E-state index < -0.39 is 0 Å². The third-order valence-corrected chi connectivity index (χ3v) is 3.58. The minimum Gasteiger partial charge on any atom is -0.394 e. The highest BCUT2D eigenvalue weighted by molar-refractivity contribution is 5.74. The summed E-state index contributed by atoms with van der Waals surface area (Å²) in [7, 11) is 0. The van der Waals surface area contributed by atoms with Crippen molar-refractivity contribution in [3.05, 3.63) is 35.9 Å². The van der Waals surface area contributed by atoms with Crippen molar-refractivity contribution >= 4 is 6.03 Å². The minimum atomic E-state index is -0.322. The van der Waals surface area contributed by atoms with E-state index in [1.807, 2.05) is 35.2 Å². The van der Waals surface area contributed by atoms with Crippen LogP contribution in [0.5, 0.6) is 0 Å². The standard InChI is InChI=1S/C15H22N2O2/c18-12-14(13-8-4-3-5-9-13)16-15(19)17-10-6-1-2-7-11-17/h3-5,8-9,14,18H,1-2,6-7,10-12H2,(H,16,19)/t14-/m0/s1. The Hall–Kier alpha value is -1.55. The van der Waals surface area contributed by atoms with Crippen LogP contribution < -0.4 is 5.32 Å². The molecule has 4 nitrogen and oxygen atoms in total. The Morgan fingerprint density at radius 3 is 2.37 bits per heavy atom. The Bertz CT molecular complexity index is 386. The molecule has 1 atom stereocenters. The third-order valence-electron chi connectivity index (χ3n) is 3.58. The van der Waals surface area contributed by atoms with Gasteiger partial charge in [0.25, 0.3) is 0 Å². The highest BCUT2D eigenvalue weighted by Crippen LogP contribution is 2.14. The van der Waals surface area contributed by atoms with Crippen LogP contribution in [0.4, 0.5) is 4.79 Å². The van der Waals surface area contributed by atoms with E-state index in [9.17, 15) is 9.90 Å². The van der Waals surface area contributed by atoms with Crippen LogP contribution in [-0.4, -0.2) is 35.7 Å². The summed E-state index contributed by atoms with van der Waals surface area (Å²) in [5, 5.41) is 12.4. The molecular weight excluding hydrogens is 240 g/mol. The van der Waals surface area contributed by atoms with E-state index in [1.165, 1.54) is 12.8 Å². The molecule has 0 spiro atoms. The number of urea groups is 1. The van der Waals surface area contributed by atoms with Gasteiger partial charge < -0.3 is 15.3 Å². The lowest BCUT2D eigenvalue weighted by Crippen LogP contribution is -2.43. The smallest absolute Gasteiger partial charge is 0.317 e. The van der Waals surface area contributed by atoms with Crippen molar-refractivity contribution in [1.82, 2.24) is 10.2 Å². The van der Waals surface area contributed by atoms with E-state index in [0.29, 0.717) is 0 Å². The Balaban J connectivity index is 1.96. The SMILES string of the molecule is O=C(N[C@@H](CO)c1ccccc1)N1CCCCCC1. The maximum atomic E-state index is 12.2. The molecule has 1 saturated heterocycles. The Labute approximate surface area is 114 Å². The summed E-state index contributed by atoms with van der Waals surface area (Å²) in [6, 6.07) is 9.20. The van der Waals surface area contributed by atoms with Gasteiger partial charge in [0.15, 0.2) is 0 Å². The number of aliphatic hydroxyl groups excluding tert-OH is 1. The zero-order valence-electron chi connectivity index (χ0n) is 11.2. The van der Waals surface area contributed by atoms with Crippen molar-refractivity contribution in [3.8, 4) is 0 Å². The predicted octanol–water partition coefficient (Wildman–Crippen LogP) is 2.31. The lowest BCUT2D eigenvalue weighted by molar-refractivity contribution is 0.183. The molecule has 2 amide bonds. The topological polar surface area (TPSA) is 52.6 Å². The maximum Gasteiger partial charge on any atom is 0.317 e. The van der Waals surface area contributed by atoms with E-state index in [-0.39, 0.29) is 18.7 Å². The molecule has 1 aliphatic heterocycles. The van der Waals surface area contributed by atoms with Gasteiger partial charge in [-0.2, -0.15) is 0 Å². The van der Waals surface area contributed by atoms with Crippen molar-refractivity contribution < 1.29 is 9.90 Å². The van der Waals surface area contributed by atoms with Crippen molar-refractivity contribution in [2.24, 2.45) is 0 Å². The third kappa shape index (κ3) is 3.96. The Morgan fingerprint density at radius 2 is 1.79 bits per heavy atom. The van der Waals surface area contributed by atoms with Crippen molar-refractivity contribution in [3.63, 3.8) is 0 Å². The summed E-state index contributed by atoms with van der Waals surface area (Å²) in [5.74, 6) is 0. The van der Waals surface area contributed by atoms with Gasteiger partial charge in [0, 0.05) is 13.1 Å². The zero-order valence-corrected chi connectivity index (χ0v) is 11.2. The molecule has 1 aromatic rings. The van der Waals surface area contributed by atoms with E-state index >= 15 is 0 Å². The molecule has 0 aliphatic carbocycles. The van der Waals surface area contributed by atoms with Gasteiger partial charge in [-0.15, -0.1) is 0 Å². The lowest BCUT2D eigenvalue weighted by atomic mass is 10.1. The van der Waals surface area contributed by atoms with Gasteiger partial charge in [0.2, 0.25) is 0 Å². The van der Waals surface area contributed by atoms with Gasteiger partial charge in [0.05, 0.1) is 12.6 Å². The number of hydrogen-bond acceptors (Lipinski definition) is 2. The van der Waals surface area contributed by atoms with Crippen LogP contribution >= 0.6 is 0 Å². The number of likely N-dealkylation sites (tertiary alicyclic amines) is 1. The van der Waals surface area contributed by atoms with Crippen LogP contribution in [0.2, 0.25) is 0 Å². The van der Waals surface area contributed by atoms with Crippen LogP contribution in [0.1, 0.15) is 37.3 Å². The van der Waals surface area contributed by atoms with Crippen molar-refractivity contribution in [1.29, 1.82) is 0 Å². The summed E-state index contributed by atoms with van der Waals surface area (Å²) >= 11 is 0. The van der Waals surface area contributed by atoms with Gasteiger partial charge in [-0.3, -0.25) is 0 Å². The van der Waals surface area contributed by atoms with E-state index in [2.05, 4.69) is 5.32 Å². The normalized spacial score (nSPS) is 17.6. The quantitative estimate of drug-likeness (QED) is 0.878. The number of amides is 2. The Kier molecular flexibility index (Phi) is 5.21. The number of hydrogen-bond donors (Lipinski definition) is 2. The number of carbonyl (C=O) groups is 1. The number of nitrogens with one attached hydrogen (secondary N) is 1. The molecule has 4 heteroatoms. The average Bonchev–Trinajstić information content (AvgIpc) is 2.74. The van der Waals surface area contributed by atoms with Crippen LogP contribution in [0.25, 0.3) is 0 Å². The number of aliphatic hydroxyl groups is 1. The number of benzene rings is 1. The van der Waals surface area contributed by atoms with Crippen molar-refractivity contribution in [2.45, 2.75) is 31.7 Å². The number of nitrogens with zero attached hydrogens (tertiary/aromatic N) is 1. The molecule has 104 valence electrons. The zero-order chi connectivity index (χ0) is 13.5. The first kappa shape index (κ1) is 13.9. The summed E-state index contributed by atoms with van der Waals surface area (Å²) in [6.07, 6.45) is 4.54. The first-order chi connectivity index (χ1) is 9.31. The summed E-state index contributed by atoms with van der Waals surface area (Å²) < 4.78 is 0. The average molecular weight is 262 g/mol. The molecule has 1 aliphatic rings. The fraction of sp³-hybridized carbons (Fsp3) is 0.533. The van der Waals surface area contributed by atoms with Gasteiger partial charge in [-0.05, 0) is 18.4 Å². The molecule has 2 rings (SSSR count). The highest BCUT2D eigenvalue weighted by atomic mass is 16.3. The molecular formula is C15H22N2O2. The molecule has 1 heterocycles. The second-order valence-electron chi connectivity index (χ2n) is 5.00. The molecule has 0 saturated carbocycles. The fourth-order valence-corrected chi connectivity index (χ4v) is 2.43. The van der Waals surface area contributed by atoms with Gasteiger partial charge in [0.1, 0.15) is 0 Å². The second kappa shape index (κ2) is 7.14. The maximum absolute atomic E-state index is 12.2. The molecule has 0 radical (unpaired) electrons. The molecule has 0 aromatic heterocycles. The van der Waals surface area contributed by atoms with Crippen LogP contribution in [0, 0.1) is 0 Å². The van der Waals surface area contributed by atoms with E-state index in [0.717, 1.165) is 31.5 Å². The molecule has 19 heavy (non-hydrogen) atoms. The first-order valence-electron chi connectivity index (χ1n) is 7.02. The van der Waals surface area contributed by atoms with Crippen LogP contribution in [0.15, 0.2) is 30.3 Å². The van der Waals surface area contributed by atoms with Crippen LogP contribution in [0.3, 0.4) is 0 Å². The lowest BCUT2D eigenvalue weighted by Gasteiger charge is -2.24. The largest absolute Gasteiger partial charge is 0.394 e. The van der Waals surface area contributed by atoms with E-state index in [4.69, 9.17) is 0 Å².